The quantitative estimate of drug-likeness (QED) is 0.432. The fourth-order valence-electron chi connectivity index (χ4n) is 3.33. The largest absolute Gasteiger partial charge is 0.497 e. The molecule has 4 rings (SSSR count). The number of nitrogens with zero attached hydrogens (tertiary/aromatic N) is 2. The minimum absolute atomic E-state index is 0.271. The summed E-state index contributed by atoms with van der Waals surface area (Å²) < 4.78 is 6.90. The van der Waals surface area contributed by atoms with Gasteiger partial charge in [0, 0.05) is 24.5 Å². The zero-order valence-corrected chi connectivity index (χ0v) is 18.8. The van der Waals surface area contributed by atoms with Crippen LogP contribution in [0, 0.1) is 0 Å². The lowest BCUT2D eigenvalue weighted by Gasteiger charge is -2.09. The van der Waals surface area contributed by atoms with E-state index in [0.717, 1.165) is 11.3 Å². The Labute approximate surface area is 196 Å². The molecule has 0 fully saturated rings. The maximum Gasteiger partial charge on any atom is 0.259 e. The number of ether oxygens (including phenoxy) is 1. The van der Waals surface area contributed by atoms with Gasteiger partial charge in [-0.15, -0.1) is 0 Å². The number of anilines is 1. The van der Waals surface area contributed by atoms with Crippen LogP contribution >= 0.6 is 11.6 Å². The third kappa shape index (κ3) is 4.73. The lowest BCUT2D eigenvalue weighted by Crippen LogP contribution is -2.19. The SMILES string of the molecule is CNC(=O)c1cc(NC(=O)c2cn(-c3ccccc3)nc2-c2ccc(OC)cc2)ccc1Cl. The molecule has 0 atom stereocenters. The van der Waals surface area contributed by atoms with Crippen LogP contribution in [0.15, 0.2) is 79.0 Å². The van der Waals surface area contributed by atoms with E-state index in [1.165, 1.54) is 13.1 Å². The molecule has 0 bridgehead atoms. The molecule has 4 aromatic rings. The second-order valence-electron chi connectivity index (χ2n) is 7.13. The third-order valence-electron chi connectivity index (χ3n) is 5.04. The smallest absolute Gasteiger partial charge is 0.259 e. The monoisotopic (exact) mass is 460 g/mol. The van der Waals surface area contributed by atoms with Crippen molar-refractivity contribution >= 4 is 29.1 Å². The van der Waals surface area contributed by atoms with Crippen LogP contribution in [0.25, 0.3) is 16.9 Å². The Bertz CT molecular complexity index is 1300. The minimum Gasteiger partial charge on any atom is -0.497 e. The molecule has 2 amide bonds. The first-order valence-electron chi connectivity index (χ1n) is 10.1. The molecule has 3 aromatic carbocycles. The van der Waals surface area contributed by atoms with Crippen LogP contribution in [-0.2, 0) is 0 Å². The number of amides is 2. The second-order valence-corrected chi connectivity index (χ2v) is 7.54. The molecule has 0 spiro atoms. The van der Waals surface area contributed by atoms with Gasteiger partial charge in [-0.1, -0.05) is 29.8 Å². The van der Waals surface area contributed by atoms with Crippen LogP contribution in [0.1, 0.15) is 20.7 Å². The van der Waals surface area contributed by atoms with E-state index in [2.05, 4.69) is 15.7 Å². The zero-order chi connectivity index (χ0) is 23.4. The van der Waals surface area contributed by atoms with Gasteiger partial charge in [0.25, 0.3) is 11.8 Å². The Kier molecular flexibility index (Phi) is 6.42. The molecule has 0 saturated heterocycles. The summed E-state index contributed by atoms with van der Waals surface area (Å²) in [7, 11) is 3.11. The molecule has 0 saturated carbocycles. The molecule has 0 radical (unpaired) electrons. The van der Waals surface area contributed by atoms with Crippen molar-refractivity contribution in [3.8, 4) is 22.7 Å². The van der Waals surface area contributed by atoms with E-state index in [0.29, 0.717) is 27.7 Å². The number of carbonyl (C=O) groups excluding carboxylic acids is 2. The van der Waals surface area contributed by atoms with Crippen molar-refractivity contribution in [1.82, 2.24) is 15.1 Å². The van der Waals surface area contributed by atoms with Crippen LogP contribution < -0.4 is 15.4 Å². The van der Waals surface area contributed by atoms with Gasteiger partial charge in [0.1, 0.15) is 11.4 Å². The van der Waals surface area contributed by atoms with E-state index in [4.69, 9.17) is 16.3 Å². The van der Waals surface area contributed by atoms with Gasteiger partial charge in [0.05, 0.1) is 28.9 Å². The summed E-state index contributed by atoms with van der Waals surface area (Å²) in [6, 6.07) is 21.6. The number of hydrogen-bond donors (Lipinski definition) is 2. The molecule has 0 aliphatic rings. The van der Waals surface area contributed by atoms with E-state index in [1.807, 2.05) is 54.6 Å². The summed E-state index contributed by atoms with van der Waals surface area (Å²) >= 11 is 6.13. The third-order valence-corrected chi connectivity index (χ3v) is 5.37. The van der Waals surface area contributed by atoms with Gasteiger partial charge in [0.2, 0.25) is 0 Å². The van der Waals surface area contributed by atoms with Crippen molar-refractivity contribution in [2.24, 2.45) is 0 Å². The average molecular weight is 461 g/mol. The van der Waals surface area contributed by atoms with Gasteiger partial charge in [-0.2, -0.15) is 5.10 Å². The minimum atomic E-state index is -0.367. The number of nitrogens with one attached hydrogen (secondary N) is 2. The predicted octanol–water partition coefficient (Wildman–Crippen LogP) is 4.81. The normalized spacial score (nSPS) is 10.5. The summed E-state index contributed by atoms with van der Waals surface area (Å²) in [4.78, 5) is 25.4. The molecule has 166 valence electrons. The molecular formula is C25H21ClN4O3. The number of rotatable bonds is 6. The van der Waals surface area contributed by atoms with E-state index in [-0.39, 0.29) is 17.4 Å². The Morgan fingerprint density at radius 2 is 1.67 bits per heavy atom. The first-order valence-corrected chi connectivity index (χ1v) is 10.5. The highest BCUT2D eigenvalue weighted by Gasteiger charge is 2.20. The number of halogens is 1. The molecule has 1 heterocycles. The summed E-state index contributed by atoms with van der Waals surface area (Å²) in [6.45, 7) is 0. The number of hydrogen-bond acceptors (Lipinski definition) is 4. The lowest BCUT2D eigenvalue weighted by atomic mass is 10.1. The van der Waals surface area contributed by atoms with Crippen LogP contribution in [0.5, 0.6) is 5.75 Å². The zero-order valence-electron chi connectivity index (χ0n) is 18.0. The lowest BCUT2D eigenvalue weighted by molar-refractivity contribution is 0.0961. The molecule has 0 aliphatic heterocycles. The standard InChI is InChI=1S/C25H21ClN4O3/c1-27-24(31)20-14-17(10-13-22(20)26)28-25(32)21-15-30(18-6-4-3-5-7-18)29-23(21)16-8-11-19(33-2)12-9-16/h3-15H,1-2H3,(H,27,31)(H,28,32). The Morgan fingerprint density at radius 1 is 0.939 bits per heavy atom. The van der Waals surface area contributed by atoms with E-state index >= 15 is 0 Å². The van der Waals surface area contributed by atoms with Crippen molar-refractivity contribution in [2.45, 2.75) is 0 Å². The Balaban J connectivity index is 1.73. The maximum atomic E-state index is 13.3. The first kappa shape index (κ1) is 22.1. The van der Waals surface area contributed by atoms with Crippen LogP contribution in [0.4, 0.5) is 5.69 Å². The number of benzene rings is 3. The van der Waals surface area contributed by atoms with Gasteiger partial charge in [-0.25, -0.2) is 4.68 Å². The van der Waals surface area contributed by atoms with E-state index < -0.39 is 0 Å². The highest BCUT2D eigenvalue weighted by Crippen LogP contribution is 2.27. The second kappa shape index (κ2) is 9.58. The number of para-hydroxylation sites is 1. The van der Waals surface area contributed by atoms with Gasteiger partial charge < -0.3 is 15.4 Å². The molecule has 0 unspecified atom stereocenters. The van der Waals surface area contributed by atoms with Crippen molar-refractivity contribution in [1.29, 1.82) is 0 Å². The van der Waals surface area contributed by atoms with Crippen LogP contribution in [0.2, 0.25) is 5.02 Å². The van der Waals surface area contributed by atoms with Crippen LogP contribution in [-0.4, -0.2) is 35.8 Å². The van der Waals surface area contributed by atoms with Gasteiger partial charge >= 0.3 is 0 Å². The fourth-order valence-corrected chi connectivity index (χ4v) is 3.53. The molecule has 33 heavy (non-hydrogen) atoms. The summed E-state index contributed by atoms with van der Waals surface area (Å²) in [5, 5.41) is 10.3. The van der Waals surface area contributed by atoms with Crippen LogP contribution in [0.3, 0.4) is 0 Å². The van der Waals surface area contributed by atoms with Gasteiger partial charge in [-0.05, 0) is 54.6 Å². The molecular weight excluding hydrogens is 440 g/mol. The van der Waals surface area contributed by atoms with Crippen molar-refractivity contribution in [3.05, 3.63) is 95.1 Å². The summed E-state index contributed by atoms with van der Waals surface area (Å²) in [6.07, 6.45) is 1.68. The highest BCUT2D eigenvalue weighted by molar-refractivity contribution is 6.34. The molecule has 1 aromatic heterocycles. The number of aromatic nitrogens is 2. The molecule has 0 aliphatic carbocycles. The van der Waals surface area contributed by atoms with Crippen molar-refractivity contribution in [3.63, 3.8) is 0 Å². The summed E-state index contributed by atoms with van der Waals surface area (Å²) in [5.41, 5.74) is 3.18. The topological polar surface area (TPSA) is 85.3 Å². The van der Waals surface area contributed by atoms with Gasteiger partial charge in [-0.3, -0.25) is 9.59 Å². The Morgan fingerprint density at radius 3 is 2.33 bits per heavy atom. The first-order chi connectivity index (χ1) is 16.0. The van der Waals surface area contributed by atoms with E-state index in [9.17, 15) is 9.59 Å². The van der Waals surface area contributed by atoms with Gasteiger partial charge in [0.15, 0.2) is 0 Å². The van der Waals surface area contributed by atoms with Crippen molar-refractivity contribution < 1.29 is 14.3 Å². The predicted molar refractivity (Wildman–Crippen MR) is 128 cm³/mol. The number of carbonyl (C=O) groups is 2. The highest BCUT2D eigenvalue weighted by atomic mass is 35.5. The fraction of sp³-hybridized carbons (Fsp3) is 0.0800. The summed E-state index contributed by atoms with van der Waals surface area (Å²) in [5.74, 6) is -0.00441. The maximum absolute atomic E-state index is 13.3. The molecule has 7 nitrogen and oxygen atoms in total. The van der Waals surface area contributed by atoms with E-state index in [1.54, 1.807) is 30.1 Å². The average Bonchev–Trinajstić information content (AvgIpc) is 3.31. The van der Waals surface area contributed by atoms with Crippen molar-refractivity contribution in [2.75, 3.05) is 19.5 Å². The molecule has 8 heteroatoms. The molecule has 2 N–H and O–H groups in total. The number of methoxy groups -OCH3 is 1. The Hall–Kier alpha value is -4.10.